The Morgan fingerprint density at radius 3 is 2.43 bits per heavy atom. The molecule has 9 nitrogen and oxygen atoms in total. The van der Waals surface area contributed by atoms with E-state index < -0.39 is 22.0 Å². The fourth-order valence-corrected chi connectivity index (χ4v) is 6.20. The van der Waals surface area contributed by atoms with Crippen LogP contribution >= 0.6 is 11.6 Å². The van der Waals surface area contributed by atoms with Crippen LogP contribution in [0.1, 0.15) is 24.9 Å². The van der Waals surface area contributed by atoms with Crippen LogP contribution in [0.3, 0.4) is 0 Å². The van der Waals surface area contributed by atoms with Gasteiger partial charge in [0.1, 0.15) is 0 Å². The average Bonchev–Trinajstić information content (AvgIpc) is 3.13. The van der Waals surface area contributed by atoms with E-state index in [0.29, 0.717) is 48.9 Å². The zero-order valence-corrected chi connectivity index (χ0v) is 22.5. The first kappa shape index (κ1) is 27.1. The quantitative estimate of drug-likeness (QED) is 0.535. The van der Waals surface area contributed by atoms with E-state index in [1.165, 1.54) is 21.3 Å². The van der Waals surface area contributed by atoms with E-state index in [1.807, 2.05) is 30.3 Å². The maximum atomic E-state index is 13.2. The fraction of sp³-hybridized carbons (Fsp3) is 0.385. The molecule has 0 saturated carbocycles. The second kappa shape index (κ2) is 11.6. The van der Waals surface area contributed by atoms with Crippen molar-refractivity contribution in [2.24, 2.45) is 0 Å². The molecule has 1 fully saturated rings. The lowest BCUT2D eigenvalue weighted by Crippen LogP contribution is -2.49. The molecule has 2 heterocycles. The van der Waals surface area contributed by atoms with E-state index >= 15 is 0 Å². The molecule has 2 aromatic rings. The molecule has 198 valence electrons. The highest BCUT2D eigenvalue weighted by atomic mass is 35.5. The first-order valence-corrected chi connectivity index (χ1v) is 14.0. The SMILES string of the molecule is CCOC(=O)C1=C(CN2CCCN(S(=O)(=O)c3ccc(Cl)cc3)CC2)N(C)C(=O)NC1c1ccccc1. The first-order valence-electron chi connectivity index (χ1n) is 12.2. The van der Waals surface area contributed by atoms with Gasteiger partial charge in [-0.1, -0.05) is 41.9 Å². The summed E-state index contributed by atoms with van der Waals surface area (Å²) in [6, 6.07) is 14.5. The number of rotatable bonds is 7. The van der Waals surface area contributed by atoms with Gasteiger partial charge in [-0.3, -0.25) is 9.80 Å². The van der Waals surface area contributed by atoms with Gasteiger partial charge in [-0.05, 0) is 49.7 Å². The van der Waals surface area contributed by atoms with Crippen LogP contribution in [-0.2, 0) is 19.6 Å². The van der Waals surface area contributed by atoms with Crippen molar-refractivity contribution in [2.45, 2.75) is 24.3 Å². The van der Waals surface area contributed by atoms with Gasteiger partial charge in [-0.15, -0.1) is 0 Å². The lowest BCUT2D eigenvalue weighted by molar-refractivity contribution is -0.139. The van der Waals surface area contributed by atoms with E-state index in [-0.39, 0.29) is 24.1 Å². The molecular formula is C26H31ClN4O5S. The van der Waals surface area contributed by atoms with Crippen molar-refractivity contribution >= 4 is 33.6 Å². The van der Waals surface area contributed by atoms with Gasteiger partial charge in [0.2, 0.25) is 10.0 Å². The average molecular weight is 547 g/mol. The number of benzene rings is 2. The summed E-state index contributed by atoms with van der Waals surface area (Å²) >= 11 is 5.93. The number of hydrogen-bond donors (Lipinski definition) is 1. The summed E-state index contributed by atoms with van der Waals surface area (Å²) in [5, 5.41) is 3.39. The third-order valence-electron chi connectivity index (χ3n) is 6.58. The summed E-state index contributed by atoms with van der Waals surface area (Å²) in [6.07, 6.45) is 0.604. The van der Waals surface area contributed by atoms with Gasteiger partial charge >= 0.3 is 12.0 Å². The number of halogens is 1. The van der Waals surface area contributed by atoms with Crippen molar-refractivity contribution in [3.05, 3.63) is 76.5 Å². The monoisotopic (exact) mass is 546 g/mol. The van der Waals surface area contributed by atoms with E-state index in [1.54, 1.807) is 26.1 Å². The summed E-state index contributed by atoms with van der Waals surface area (Å²) in [5.41, 5.74) is 1.70. The molecule has 4 rings (SSSR count). The molecule has 2 aliphatic rings. The van der Waals surface area contributed by atoms with E-state index in [2.05, 4.69) is 10.2 Å². The van der Waals surface area contributed by atoms with Crippen molar-refractivity contribution in [3.63, 3.8) is 0 Å². The molecule has 0 bridgehead atoms. The van der Waals surface area contributed by atoms with Crippen molar-refractivity contribution in [1.82, 2.24) is 19.4 Å². The topological polar surface area (TPSA) is 99.3 Å². The third-order valence-corrected chi connectivity index (χ3v) is 8.74. The van der Waals surface area contributed by atoms with Gasteiger partial charge in [-0.25, -0.2) is 18.0 Å². The molecule has 2 amide bonds. The third kappa shape index (κ3) is 5.98. The molecule has 1 N–H and O–H groups in total. The van der Waals surface area contributed by atoms with Crippen molar-refractivity contribution in [3.8, 4) is 0 Å². The minimum Gasteiger partial charge on any atom is -0.463 e. The van der Waals surface area contributed by atoms with Gasteiger partial charge in [0.25, 0.3) is 0 Å². The number of esters is 1. The number of nitrogens with zero attached hydrogens (tertiary/aromatic N) is 3. The molecule has 0 spiro atoms. The van der Waals surface area contributed by atoms with Crippen LogP contribution < -0.4 is 5.32 Å². The van der Waals surface area contributed by atoms with Crippen LogP contribution in [0.5, 0.6) is 0 Å². The van der Waals surface area contributed by atoms with Gasteiger partial charge in [0.05, 0.1) is 23.1 Å². The zero-order chi connectivity index (χ0) is 26.6. The normalized spacial score (nSPS) is 19.9. The van der Waals surface area contributed by atoms with Crippen LogP contribution in [0.4, 0.5) is 4.79 Å². The molecular weight excluding hydrogens is 516 g/mol. The molecule has 0 aromatic heterocycles. The zero-order valence-electron chi connectivity index (χ0n) is 20.9. The van der Waals surface area contributed by atoms with E-state index in [4.69, 9.17) is 16.3 Å². The van der Waals surface area contributed by atoms with Crippen molar-refractivity contribution in [1.29, 1.82) is 0 Å². The Kier molecular flexibility index (Phi) is 8.53. The van der Waals surface area contributed by atoms with Crippen LogP contribution in [-0.4, -0.2) is 80.9 Å². The Morgan fingerprint density at radius 2 is 1.76 bits per heavy atom. The molecule has 0 aliphatic carbocycles. The van der Waals surface area contributed by atoms with Gasteiger partial charge in [-0.2, -0.15) is 4.31 Å². The predicted octanol–water partition coefficient (Wildman–Crippen LogP) is 3.25. The molecule has 2 aromatic carbocycles. The number of carbonyl (C=O) groups is 2. The van der Waals surface area contributed by atoms with E-state index in [0.717, 1.165) is 5.56 Å². The summed E-state index contributed by atoms with van der Waals surface area (Å²) in [6.45, 7) is 3.95. The molecule has 1 saturated heterocycles. The van der Waals surface area contributed by atoms with Crippen LogP contribution in [0.25, 0.3) is 0 Å². The first-order chi connectivity index (χ1) is 17.7. The highest BCUT2D eigenvalue weighted by molar-refractivity contribution is 7.89. The van der Waals surface area contributed by atoms with Crippen LogP contribution in [0.2, 0.25) is 5.02 Å². The Bertz CT molecular complexity index is 1270. The molecule has 2 aliphatic heterocycles. The predicted molar refractivity (Wildman–Crippen MR) is 140 cm³/mol. The maximum Gasteiger partial charge on any atom is 0.338 e. The van der Waals surface area contributed by atoms with Gasteiger partial charge in [0, 0.05) is 43.9 Å². The minimum absolute atomic E-state index is 0.201. The Morgan fingerprint density at radius 1 is 1.05 bits per heavy atom. The minimum atomic E-state index is -3.67. The van der Waals surface area contributed by atoms with Crippen LogP contribution in [0.15, 0.2) is 70.8 Å². The highest BCUT2D eigenvalue weighted by Crippen LogP contribution is 2.31. The second-order valence-corrected chi connectivity index (χ2v) is 11.3. The summed E-state index contributed by atoms with van der Waals surface area (Å²) in [7, 11) is -2.04. The summed E-state index contributed by atoms with van der Waals surface area (Å²) in [5.74, 6) is -0.486. The second-order valence-electron chi connectivity index (χ2n) is 8.92. The van der Waals surface area contributed by atoms with Crippen LogP contribution in [0, 0.1) is 0 Å². The molecule has 37 heavy (non-hydrogen) atoms. The van der Waals surface area contributed by atoms with Crippen molar-refractivity contribution in [2.75, 3.05) is 46.4 Å². The maximum absolute atomic E-state index is 13.2. The smallest absolute Gasteiger partial charge is 0.338 e. The number of ether oxygens (including phenoxy) is 1. The standard InChI is InChI=1S/C26H31ClN4O5S/c1-3-36-25(32)23-22(29(2)26(33)28-24(23)19-8-5-4-6-9-19)18-30-14-7-15-31(17-16-30)37(34,35)21-12-10-20(27)11-13-21/h4-6,8-13,24H,3,7,14-18H2,1-2H3,(H,28,33). The number of urea groups is 1. The molecule has 1 unspecified atom stereocenters. The number of nitrogens with one attached hydrogen (secondary N) is 1. The van der Waals surface area contributed by atoms with E-state index in [9.17, 15) is 18.0 Å². The Hall–Kier alpha value is -2.92. The summed E-state index contributed by atoms with van der Waals surface area (Å²) < 4.78 is 33.2. The van der Waals surface area contributed by atoms with Gasteiger partial charge in [0.15, 0.2) is 0 Å². The Balaban J connectivity index is 1.60. The molecule has 0 radical (unpaired) electrons. The number of hydrogen-bond acceptors (Lipinski definition) is 6. The summed E-state index contributed by atoms with van der Waals surface area (Å²) in [4.78, 5) is 29.8. The molecule has 11 heteroatoms. The Labute approximate surface area is 222 Å². The number of likely N-dealkylation sites (N-methyl/N-ethyl adjacent to an activating group) is 1. The highest BCUT2D eigenvalue weighted by Gasteiger charge is 2.37. The fourth-order valence-electron chi connectivity index (χ4n) is 4.61. The number of sulfonamides is 1. The molecule has 1 atom stereocenters. The lowest BCUT2D eigenvalue weighted by Gasteiger charge is -2.36. The van der Waals surface area contributed by atoms with Crippen molar-refractivity contribution < 1.29 is 22.7 Å². The van der Waals surface area contributed by atoms with Gasteiger partial charge < -0.3 is 10.1 Å². The largest absolute Gasteiger partial charge is 0.463 e. The lowest BCUT2D eigenvalue weighted by atomic mass is 9.94. The number of carbonyl (C=O) groups excluding carboxylic acids is 2. The number of amides is 2.